The third-order valence-corrected chi connectivity index (χ3v) is 5.89. The Morgan fingerprint density at radius 1 is 1.35 bits per heavy atom. The lowest BCUT2D eigenvalue weighted by Gasteiger charge is -2.13. The zero-order valence-corrected chi connectivity index (χ0v) is 15.9. The molecule has 134 valence electrons. The van der Waals surface area contributed by atoms with Crippen LogP contribution in [0.25, 0.3) is 0 Å². The first-order valence-electron chi connectivity index (χ1n) is 8.17. The van der Waals surface area contributed by atoms with Crippen LogP contribution in [0.5, 0.6) is 0 Å². The van der Waals surface area contributed by atoms with Gasteiger partial charge in [0, 0.05) is 16.1 Å². The van der Waals surface area contributed by atoms with E-state index in [9.17, 15) is 4.79 Å². The quantitative estimate of drug-likeness (QED) is 0.735. The number of aryl methyl sites for hydroxylation is 2. The van der Waals surface area contributed by atoms with E-state index in [-0.39, 0.29) is 11.2 Å². The smallest absolute Gasteiger partial charge is 0.235 e. The predicted octanol–water partition coefficient (Wildman–Crippen LogP) is 3.96. The van der Waals surface area contributed by atoms with Gasteiger partial charge in [0.1, 0.15) is 11.6 Å². The molecule has 1 N–H and O–H groups in total. The maximum Gasteiger partial charge on any atom is 0.235 e. The van der Waals surface area contributed by atoms with Crippen LogP contribution >= 0.6 is 23.4 Å². The summed E-state index contributed by atoms with van der Waals surface area (Å²) in [6, 6.07) is 7.60. The van der Waals surface area contributed by atoms with Crippen molar-refractivity contribution in [2.45, 2.75) is 25.6 Å². The summed E-state index contributed by atoms with van der Waals surface area (Å²) < 4.78 is 7.15. The van der Waals surface area contributed by atoms with Crippen LogP contribution in [0.2, 0.25) is 5.02 Å². The van der Waals surface area contributed by atoms with Crippen molar-refractivity contribution in [3.8, 4) is 0 Å². The zero-order valence-electron chi connectivity index (χ0n) is 14.3. The number of aromatic nitrogens is 3. The number of thioether (sulfide) groups is 1. The number of fused-ring (bicyclic) bond motifs is 1. The molecule has 1 atom stereocenters. The monoisotopic (exact) mass is 388 g/mol. The van der Waals surface area contributed by atoms with Gasteiger partial charge in [0.2, 0.25) is 5.91 Å². The van der Waals surface area contributed by atoms with Gasteiger partial charge >= 0.3 is 0 Å². The largest absolute Gasteiger partial charge is 0.361 e. The second-order valence-electron chi connectivity index (χ2n) is 6.21. The first kappa shape index (κ1) is 17.2. The molecule has 0 fully saturated rings. The molecule has 1 unspecified atom stereocenters. The molecule has 0 saturated heterocycles. The Bertz CT molecular complexity index is 945. The molecular formula is C18H17ClN4O2S. The third-order valence-electron chi connectivity index (χ3n) is 4.39. The van der Waals surface area contributed by atoms with Gasteiger partial charge < -0.3 is 9.84 Å². The molecule has 3 aromatic rings. The molecule has 1 amide bonds. The van der Waals surface area contributed by atoms with Crippen LogP contribution in [0.1, 0.15) is 33.4 Å². The third kappa shape index (κ3) is 3.12. The molecule has 6 nitrogen and oxygen atoms in total. The maximum atomic E-state index is 12.2. The highest BCUT2D eigenvalue weighted by Crippen LogP contribution is 2.43. The van der Waals surface area contributed by atoms with Gasteiger partial charge in [-0.05, 0) is 31.5 Å². The Hall–Kier alpha value is -2.25. The van der Waals surface area contributed by atoms with Gasteiger partial charge in [-0.2, -0.15) is 5.10 Å². The van der Waals surface area contributed by atoms with Crippen molar-refractivity contribution in [1.29, 1.82) is 0 Å². The number of halogens is 1. The van der Waals surface area contributed by atoms with Crippen LogP contribution in [0, 0.1) is 13.8 Å². The molecule has 3 heterocycles. The van der Waals surface area contributed by atoms with Crippen molar-refractivity contribution >= 4 is 35.1 Å². The standard InChI is InChI=1S/C18H17ClN4O2S/c1-10-16(11(2)25-22-10)17-14-7-20-23(18(14)21-15(24)9-26-17)8-12-3-5-13(19)6-4-12/h3-7,17H,8-9H2,1-2H3,(H,21,24). The van der Waals surface area contributed by atoms with E-state index in [1.807, 2.05) is 49.0 Å². The minimum Gasteiger partial charge on any atom is -0.361 e. The van der Waals surface area contributed by atoms with Gasteiger partial charge in [-0.1, -0.05) is 28.9 Å². The highest BCUT2D eigenvalue weighted by Gasteiger charge is 2.31. The van der Waals surface area contributed by atoms with Crippen molar-refractivity contribution in [3.05, 3.63) is 63.6 Å². The van der Waals surface area contributed by atoms with E-state index < -0.39 is 0 Å². The normalized spacial score (nSPS) is 16.9. The number of rotatable bonds is 3. The van der Waals surface area contributed by atoms with Crippen molar-refractivity contribution < 1.29 is 9.32 Å². The summed E-state index contributed by atoms with van der Waals surface area (Å²) >= 11 is 7.52. The minimum absolute atomic E-state index is 0.0385. The van der Waals surface area contributed by atoms with E-state index in [2.05, 4.69) is 15.6 Å². The summed E-state index contributed by atoms with van der Waals surface area (Å²) in [5, 5.41) is 12.2. The van der Waals surface area contributed by atoms with E-state index in [4.69, 9.17) is 16.1 Å². The second kappa shape index (κ2) is 6.81. The Kier molecular flexibility index (Phi) is 4.50. The molecule has 0 bridgehead atoms. The molecule has 0 saturated carbocycles. The van der Waals surface area contributed by atoms with Crippen LogP contribution in [-0.2, 0) is 11.3 Å². The topological polar surface area (TPSA) is 73.0 Å². The number of nitrogens with zero attached hydrogens (tertiary/aromatic N) is 3. The van der Waals surface area contributed by atoms with E-state index in [0.29, 0.717) is 17.3 Å². The minimum atomic E-state index is -0.0471. The molecule has 8 heteroatoms. The van der Waals surface area contributed by atoms with Gasteiger partial charge in [-0.15, -0.1) is 11.8 Å². The van der Waals surface area contributed by atoms with Crippen LogP contribution in [0.3, 0.4) is 0 Å². The van der Waals surface area contributed by atoms with Crippen LogP contribution in [-0.4, -0.2) is 26.6 Å². The van der Waals surface area contributed by atoms with E-state index >= 15 is 0 Å². The molecule has 4 rings (SSSR count). The first-order valence-corrected chi connectivity index (χ1v) is 9.60. The molecule has 1 aliphatic rings. The number of hydrogen-bond acceptors (Lipinski definition) is 5. The lowest BCUT2D eigenvalue weighted by molar-refractivity contribution is -0.113. The molecule has 26 heavy (non-hydrogen) atoms. The number of amides is 1. The van der Waals surface area contributed by atoms with Crippen LogP contribution < -0.4 is 5.32 Å². The molecule has 0 spiro atoms. The lowest BCUT2D eigenvalue weighted by atomic mass is 10.1. The summed E-state index contributed by atoms with van der Waals surface area (Å²) in [6.07, 6.45) is 1.82. The Morgan fingerprint density at radius 3 is 2.81 bits per heavy atom. The fraction of sp³-hybridized carbons (Fsp3) is 0.278. The summed E-state index contributed by atoms with van der Waals surface area (Å²) in [5.74, 6) is 1.82. The lowest BCUT2D eigenvalue weighted by Crippen LogP contribution is -2.16. The molecule has 1 aromatic carbocycles. The van der Waals surface area contributed by atoms with Crippen molar-refractivity contribution in [2.24, 2.45) is 0 Å². The summed E-state index contributed by atoms with van der Waals surface area (Å²) in [5.41, 5.74) is 3.87. The fourth-order valence-corrected chi connectivity index (χ4v) is 4.50. The van der Waals surface area contributed by atoms with Gasteiger partial charge in [0.15, 0.2) is 0 Å². The number of nitrogens with one attached hydrogen (secondary N) is 1. The Labute approximate surface area is 159 Å². The van der Waals surface area contributed by atoms with Crippen molar-refractivity contribution in [3.63, 3.8) is 0 Å². The van der Waals surface area contributed by atoms with Gasteiger partial charge in [-0.3, -0.25) is 4.79 Å². The summed E-state index contributed by atoms with van der Waals surface area (Å²) in [4.78, 5) is 12.2. The summed E-state index contributed by atoms with van der Waals surface area (Å²) in [7, 11) is 0. The van der Waals surface area contributed by atoms with E-state index in [0.717, 1.165) is 34.0 Å². The highest BCUT2D eigenvalue weighted by molar-refractivity contribution is 8.00. The van der Waals surface area contributed by atoms with E-state index in [1.165, 1.54) is 0 Å². The number of anilines is 1. The summed E-state index contributed by atoms with van der Waals surface area (Å²) in [6.45, 7) is 4.37. The zero-order chi connectivity index (χ0) is 18.3. The molecule has 0 aliphatic carbocycles. The molecule has 1 aliphatic heterocycles. The van der Waals surface area contributed by atoms with Gasteiger partial charge in [0.05, 0.1) is 29.4 Å². The maximum absolute atomic E-state index is 12.2. The molecule has 2 aromatic heterocycles. The Morgan fingerprint density at radius 2 is 2.12 bits per heavy atom. The Balaban J connectivity index is 1.75. The average molecular weight is 389 g/mol. The first-order chi connectivity index (χ1) is 12.5. The average Bonchev–Trinajstić information content (AvgIpc) is 3.10. The number of carbonyl (C=O) groups is 1. The number of carbonyl (C=O) groups excluding carboxylic acids is 1. The fourth-order valence-electron chi connectivity index (χ4n) is 3.13. The number of hydrogen-bond donors (Lipinski definition) is 1. The predicted molar refractivity (Wildman–Crippen MR) is 102 cm³/mol. The second-order valence-corrected chi connectivity index (χ2v) is 7.74. The van der Waals surface area contributed by atoms with Crippen molar-refractivity contribution in [2.75, 3.05) is 11.1 Å². The molecule has 0 radical (unpaired) electrons. The van der Waals surface area contributed by atoms with Gasteiger partial charge in [0.25, 0.3) is 0 Å². The van der Waals surface area contributed by atoms with Crippen LogP contribution in [0.4, 0.5) is 5.82 Å². The molecular weight excluding hydrogens is 372 g/mol. The highest BCUT2D eigenvalue weighted by atomic mass is 35.5. The van der Waals surface area contributed by atoms with Crippen LogP contribution in [0.15, 0.2) is 35.0 Å². The van der Waals surface area contributed by atoms with Gasteiger partial charge in [-0.25, -0.2) is 4.68 Å². The van der Waals surface area contributed by atoms with Crippen molar-refractivity contribution in [1.82, 2.24) is 14.9 Å². The number of benzene rings is 1. The van der Waals surface area contributed by atoms with E-state index in [1.54, 1.807) is 11.8 Å². The SMILES string of the molecule is Cc1noc(C)c1C1SCC(=O)Nc2c1cnn2Cc1ccc(Cl)cc1.